The van der Waals surface area contributed by atoms with E-state index in [-0.39, 0.29) is 5.91 Å². The largest absolute Gasteiger partial charge is 0.336 e. The van der Waals surface area contributed by atoms with E-state index in [4.69, 9.17) is 23.2 Å². The van der Waals surface area contributed by atoms with Crippen LogP contribution in [0.15, 0.2) is 46.9 Å². The van der Waals surface area contributed by atoms with E-state index in [9.17, 15) is 4.79 Å². The van der Waals surface area contributed by atoms with Crippen LogP contribution in [0.2, 0.25) is 10.0 Å². The van der Waals surface area contributed by atoms with E-state index in [1.165, 1.54) is 0 Å². The molecular weight excluding hydrogens is 411 g/mol. The Morgan fingerprint density at radius 2 is 1.54 bits per heavy atom. The van der Waals surface area contributed by atoms with E-state index in [0.29, 0.717) is 29.7 Å². The van der Waals surface area contributed by atoms with Gasteiger partial charge in [0, 0.05) is 58.4 Å². The molecule has 2 aromatic rings. The van der Waals surface area contributed by atoms with Crippen molar-refractivity contribution < 1.29 is 4.79 Å². The normalized spacial score (nSPS) is 15.5. The molecule has 1 saturated heterocycles. The minimum absolute atomic E-state index is 0.0814. The minimum Gasteiger partial charge on any atom is -0.336 e. The van der Waals surface area contributed by atoms with Crippen molar-refractivity contribution in [1.82, 2.24) is 9.80 Å². The first-order valence-electron chi connectivity index (χ1n) is 7.74. The summed E-state index contributed by atoms with van der Waals surface area (Å²) < 4.78 is 0.973. The summed E-state index contributed by atoms with van der Waals surface area (Å²) in [6, 6.07) is 13.0. The second-order valence-corrected chi connectivity index (χ2v) is 7.51. The van der Waals surface area contributed by atoms with Crippen LogP contribution in [0.1, 0.15) is 15.9 Å². The van der Waals surface area contributed by atoms with Gasteiger partial charge in [-0.1, -0.05) is 45.2 Å². The van der Waals surface area contributed by atoms with Crippen LogP contribution in [0, 0.1) is 0 Å². The van der Waals surface area contributed by atoms with Gasteiger partial charge in [0.2, 0.25) is 0 Å². The lowest BCUT2D eigenvalue weighted by molar-refractivity contribution is 0.0628. The van der Waals surface area contributed by atoms with Crippen molar-refractivity contribution in [3.63, 3.8) is 0 Å². The maximum absolute atomic E-state index is 12.5. The zero-order valence-electron chi connectivity index (χ0n) is 13.0. The Balaban J connectivity index is 1.59. The average Bonchev–Trinajstić information content (AvgIpc) is 2.59. The Morgan fingerprint density at radius 3 is 2.12 bits per heavy atom. The molecule has 1 aliphatic heterocycles. The number of halogens is 3. The summed E-state index contributed by atoms with van der Waals surface area (Å²) in [4.78, 5) is 16.7. The molecule has 1 fully saturated rings. The van der Waals surface area contributed by atoms with Crippen LogP contribution >= 0.6 is 39.1 Å². The maximum atomic E-state index is 12.5. The molecule has 0 bridgehead atoms. The molecule has 1 amide bonds. The second kappa shape index (κ2) is 7.87. The van der Waals surface area contributed by atoms with Gasteiger partial charge in [0.25, 0.3) is 5.91 Å². The average molecular weight is 428 g/mol. The summed E-state index contributed by atoms with van der Waals surface area (Å²) in [5.74, 6) is 0.0814. The van der Waals surface area contributed by atoms with E-state index < -0.39 is 0 Å². The third-order valence-electron chi connectivity index (χ3n) is 4.19. The SMILES string of the molecule is O=C(c1ccc(Br)cc1)N1CCN(Cc2c(Cl)cccc2Cl)CC1. The number of benzene rings is 2. The molecule has 0 N–H and O–H groups in total. The number of amides is 1. The number of carbonyl (C=O) groups is 1. The topological polar surface area (TPSA) is 23.6 Å². The van der Waals surface area contributed by atoms with Gasteiger partial charge in [-0.2, -0.15) is 0 Å². The molecule has 0 aliphatic carbocycles. The van der Waals surface area contributed by atoms with Gasteiger partial charge >= 0.3 is 0 Å². The monoisotopic (exact) mass is 426 g/mol. The summed E-state index contributed by atoms with van der Waals surface area (Å²) in [7, 11) is 0. The molecule has 3 rings (SSSR count). The number of carbonyl (C=O) groups excluding carboxylic acids is 1. The smallest absolute Gasteiger partial charge is 0.253 e. The summed E-state index contributed by atoms with van der Waals surface area (Å²) >= 11 is 15.9. The van der Waals surface area contributed by atoms with Gasteiger partial charge in [-0.15, -0.1) is 0 Å². The highest BCUT2D eigenvalue weighted by atomic mass is 79.9. The molecule has 1 heterocycles. The fraction of sp³-hybridized carbons (Fsp3) is 0.278. The molecular formula is C18H17BrCl2N2O. The molecule has 0 spiro atoms. The summed E-state index contributed by atoms with van der Waals surface area (Å²) in [5.41, 5.74) is 1.68. The molecule has 0 radical (unpaired) electrons. The van der Waals surface area contributed by atoms with Gasteiger partial charge in [-0.05, 0) is 36.4 Å². The van der Waals surface area contributed by atoms with Crippen molar-refractivity contribution in [3.8, 4) is 0 Å². The Morgan fingerprint density at radius 1 is 0.958 bits per heavy atom. The predicted molar refractivity (Wildman–Crippen MR) is 102 cm³/mol. The number of hydrogen-bond acceptors (Lipinski definition) is 2. The lowest BCUT2D eigenvalue weighted by Gasteiger charge is -2.35. The van der Waals surface area contributed by atoms with Crippen LogP contribution in [-0.2, 0) is 6.54 Å². The Hall–Kier alpha value is -1.07. The van der Waals surface area contributed by atoms with Gasteiger partial charge < -0.3 is 4.90 Å². The fourth-order valence-corrected chi connectivity index (χ4v) is 3.57. The van der Waals surface area contributed by atoms with Crippen LogP contribution in [0.4, 0.5) is 0 Å². The van der Waals surface area contributed by atoms with E-state index in [0.717, 1.165) is 28.7 Å². The van der Waals surface area contributed by atoms with Crippen molar-refractivity contribution in [2.75, 3.05) is 26.2 Å². The standard InChI is InChI=1S/C18H17BrCl2N2O/c19-14-6-4-13(5-7-14)18(24)23-10-8-22(9-11-23)12-15-16(20)2-1-3-17(15)21/h1-7H,8-12H2. The summed E-state index contributed by atoms with van der Waals surface area (Å²) in [6.45, 7) is 3.74. The molecule has 0 atom stereocenters. The quantitative estimate of drug-likeness (QED) is 0.707. The molecule has 0 saturated carbocycles. The first-order valence-corrected chi connectivity index (χ1v) is 9.29. The van der Waals surface area contributed by atoms with Crippen LogP contribution in [0.3, 0.4) is 0 Å². The van der Waals surface area contributed by atoms with Crippen LogP contribution in [0.5, 0.6) is 0 Å². The lowest BCUT2D eigenvalue weighted by atomic mass is 10.1. The maximum Gasteiger partial charge on any atom is 0.253 e. The highest BCUT2D eigenvalue weighted by molar-refractivity contribution is 9.10. The lowest BCUT2D eigenvalue weighted by Crippen LogP contribution is -2.48. The van der Waals surface area contributed by atoms with Crippen molar-refractivity contribution in [3.05, 3.63) is 68.1 Å². The second-order valence-electron chi connectivity index (χ2n) is 5.78. The molecule has 2 aromatic carbocycles. The minimum atomic E-state index is 0.0814. The van der Waals surface area contributed by atoms with Crippen LogP contribution < -0.4 is 0 Å². The van der Waals surface area contributed by atoms with Crippen LogP contribution in [0.25, 0.3) is 0 Å². The molecule has 0 unspecified atom stereocenters. The highest BCUT2D eigenvalue weighted by Crippen LogP contribution is 2.26. The highest BCUT2D eigenvalue weighted by Gasteiger charge is 2.23. The Kier molecular flexibility index (Phi) is 5.82. The van der Waals surface area contributed by atoms with Crippen molar-refractivity contribution in [1.29, 1.82) is 0 Å². The summed E-state index contributed by atoms with van der Waals surface area (Å²) in [6.07, 6.45) is 0. The molecule has 0 aromatic heterocycles. The Bertz CT molecular complexity index is 708. The third kappa shape index (κ3) is 4.12. The van der Waals surface area contributed by atoms with Crippen molar-refractivity contribution in [2.45, 2.75) is 6.54 Å². The fourth-order valence-electron chi connectivity index (χ4n) is 2.79. The third-order valence-corrected chi connectivity index (χ3v) is 5.43. The van der Waals surface area contributed by atoms with Gasteiger partial charge in [0.15, 0.2) is 0 Å². The molecule has 6 heteroatoms. The van der Waals surface area contributed by atoms with Gasteiger partial charge in [-0.3, -0.25) is 9.69 Å². The molecule has 3 nitrogen and oxygen atoms in total. The number of hydrogen-bond donors (Lipinski definition) is 0. The van der Waals surface area contributed by atoms with Gasteiger partial charge in [0.05, 0.1) is 0 Å². The first-order chi connectivity index (χ1) is 11.5. The van der Waals surface area contributed by atoms with Gasteiger partial charge in [-0.25, -0.2) is 0 Å². The van der Waals surface area contributed by atoms with E-state index in [1.807, 2.05) is 47.4 Å². The van der Waals surface area contributed by atoms with E-state index in [2.05, 4.69) is 20.8 Å². The number of piperazine rings is 1. The first kappa shape index (κ1) is 17.7. The zero-order chi connectivity index (χ0) is 17.1. The van der Waals surface area contributed by atoms with Gasteiger partial charge in [0.1, 0.15) is 0 Å². The predicted octanol–water partition coefficient (Wildman–Crippen LogP) is 4.71. The van der Waals surface area contributed by atoms with Crippen LogP contribution in [-0.4, -0.2) is 41.9 Å². The molecule has 24 heavy (non-hydrogen) atoms. The van der Waals surface area contributed by atoms with E-state index >= 15 is 0 Å². The molecule has 1 aliphatic rings. The Labute approximate surface area is 160 Å². The van der Waals surface area contributed by atoms with Crippen molar-refractivity contribution in [2.24, 2.45) is 0 Å². The molecule has 126 valence electrons. The number of rotatable bonds is 3. The zero-order valence-corrected chi connectivity index (χ0v) is 16.1. The van der Waals surface area contributed by atoms with Crippen molar-refractivity contribution >= 4 is 45.0 Å². The van der Waals surface area contributed by atoms with E-state index in [1.54, 1.807) is 0 Å². The summed E-state index contributed by atoms with van der Waals surface area (Å²) in [5, 5.41) is 1.38. The number of nitrogens with zero attached hydrogens (tertiary/aromatic N) is 2.